The summed E-state index contributed by atoms with van der Waals surface area (Å²) >= 11 is 1.78. The van der Waals surface area contributed by atoms with E-state index in [1.54, 1.807) is 11.3 Å². The average Bonchev–Trinajstić information content (AvgIpc) is 3.04. The third-order valence-electron chi connectivity index (χ3n) is 4.70. The number of hydrogen-bond donors (Lipinski definition) is 0. The summed E-state index contributed by atoms with van der Waals surface area (Å²) in [5, 5.41) is 2.14. The van der Waals surface area contributed by atoms with Gasteiger partial charge < -0.3 is 4.90 Å². The smallest absolute Gasteiger partial charge is 0.0840 e. The molecule has 2 aliphatic rings. The molecule has 0 radical (unpaired) electrons. The summed E-state index contributed by atoms with van der Waals surface area (Å²) in [6, 6.07) is 13.6. The van der Waals surface area contributed by atoms with Crippen LogP contribution >= 0.6 is 11.3 Å². The standard InChI is InChI=1S/C18H21N3S/c1-2-20-9-10-21-14(13-20)12-19-18(17-8-5-11-22-17)15-6-3-4-7-16(15)21/h3-8,11,14H,2,9-10,12-13H2,1H3. The van der Waals surface area contributed by atoms with Gasteiger partial charge in [0.25, 0.3) is 0 Å². The zero-order chi connectivity index (χ0) is 14.9. The summed E-state index contributed by atoms with van der Waals surface area (Å²) < 4.78 is 0. The van der Waals surface area contributed by atoms with Crippen LogP contribution in [0.3, 0.4) is 0 Å². The maximum atomic E-state index is 5.02. The van der Waals surface area contributed by atoms with Gasteiger partial charge in [0, 0.05) is 30.9 Å². The zero-order valence-electron chi connectivity index (χ0n) is 12.9. The molecule has 1 atom stereocenters. The van der Waals surface area contributed by atoms with E-state index in [-0.39, 0.29) is 0 Å². The van der Waals surface area contributed by atoms with Crippen LogP contribution in [0.1, 0.15) is 17.4 Å². The van der Waals surface area contributed by atoms with Gasteiger partial charge in [0.05, 0.1) is 23.2 Å². The number of rotatable bonds is 2. The SMILES string of the molecule is CCN1CCN2c3ccccc3C(c3cccs3)=NCC2C1. The topological polar surface area (TPSA) is 18.8 Å². The molecule has 1 fully saturated rings. The first-order chi connectivity index (χ1) is 10.9. The molecule has 2 aromatic rings. The minimum Gasteiger partial charge on any atom is -0.364 e. The summed E-state index contributed by atoms with van der Waals surface area (Å²) in [6.07, 6.45) is 0. The van der Waals surface area contributed by atoms with Gasteiger partial charge in [-0.1, -0.05) is 31.2 Å². The lowest BCUT2D eigenvalue weighted by atomic mass is 10.0. The fourth-order valence-corrected chi connectivity index (χ4v) is 4.26. The molecule has 0 bridgehead atoms. The number of fused-ring (bicyclic) bond motifs is 3. The van der Waals surface area contributed by atoms with E-state index in [0.29, 0.717) is 6.04 Å². The van der Waals surface area contributed by atoms with E-state index in [9.17, 15) is 0 Å². The Bertz CT molecular complexity index is 677. The van der Waals surface area contributed by atoms with Gasteiger partial charge in [-0.05, 0) is 24.1 Å². The molecule has 4 heteroatoms. The Morgan fingerprint density at radius 2 is 2.09 bits per heavy atom. The lowest BCUT2D eigenvalue weighted by Crippen LogP contribution is -2.54. The summed E-state index contributed by atoms with van der Waals surface area (Å²) in [7, 11) is 0. The quantitative estimate of drug-likeness (QED) is 0.848. The third-order valence-corrected chi connectivity index (χ3v) is 5.57. The molecule has 0 saturated carbocycles. The number of aliphatic imine (C=N–C) groups is 1. The van der Waals surface area contributed by atoms with Crippen molar-refractivity contribution in [1.82, 2.24) is 4.90 Å². The van der Waals surface area contributed by atoms with Gasteiger partial charge in [0.2, 0.25) is 0 Å². The van der Waals surface area contributed by atoms with Crippen LogP contribution in [0.15, 0.2) is 46.8 Å². The molecule has 0 amide bonds. The van der Waals surface area contributed by atoms with Crippen LogP contribution in [0.5, 0.6) is 0 Å². The van der Waals surface area contributed by atoms with E-state index in [0.717, 1.165) is 32.7 Å². The summed E-state index contributed by atoms with van der Waals surface area (Å²) in [5.41, 5.74) is 3.81. The first-order valence-electron chi connectivity index (χ1n) is 8.03. The van der Waals surface area contributed by atoms with Gasteiger partial charge in [-0.15, -0.1) is 11.3 Å². The van der Waals surface area contributed by atoms with Crippen molar-refractivity contribution in [3.8, 4) is 0 Å². The lowest BCUT2D eigenvalue weighted by molar-refractivity contribution is 0.236. The second-order valence-electron chi connectivity index (χ2n) is 5.92. The van der Waals surface area contributed by atoms with Gasteiger partial charge in [0.1, 0.15) is 0 Å². The molecular weight excluding hydrogens is 290 g/mol. The average molecular weight is 311 g/mol. The molecule has 1 unspecified atom stereocenters. The Hall–Kier alpha value is -1.65. The number of piperazine rings is 1. The van der Waals surface area contributed by atoms with E-state index in [2.05, 4.69) is 58.5 Å². The van der Waals surface area contributed by atoms with Crippen LogP contribution in [0.25, 0.3) is 0 Å². The maximum absolute atomic E-state index is 5.02. The Balaban J connectivity index is 1.78. The largest absolute Gasteiger partial charge is 0.364 e. The van der Waals surface area contributed by atoms with Crippen LogP contribution in [-0.4, -0.2) is 49.4 Å². The van der Waals surface area contributed by atoms with Gasteiger partial charge in [-0.2, -0.15) is 0 Å². The molecule has 3 heterocycles. The number of likely N-dealkylation sites (N-methyl/N-ethyl adjacent to an activating group) is 1. The molecule has 1 aromatic heterocycles. The van der Waals surface area contributed by atoms with Crippen molar-refractivity contribution in [2.75, 3.05) is 37.6 Å². The van der Waals surface area contributed by atoms with Crippen molar-refractivity contribution < 1.29 is 0 Å². The highest BCUT2D eigenvalue weighted by molar-refractivity contribution is 7.12. The third kappa shape index (κ3) is 2.36. The Morgan fingerprint density at radius 3 is 2.91 bits per heavy atom. The first kappa shape index (κ1) is 14.0. The monoisotopic (exact) mass is 311 g/mol. The van der Waals surface area contributed by atoms with Crippen molar-refractivity contribution in [3.05, 3.63) is 52.2 Å². The molecule has 4 rings (SSSR count). The highest BCUT2D eigenvalue weighted by atomic mass is 32.1. The van der Waals surface area contributed by atoms with Crippen molar-refractivity contribution in [2.24, 2.45) is 4.99 Å². The summed E-state index contributed by atoms with van der Waals surface area (Å²) in [5.74, 6) is 0. The van der Waals surface area contributed by atoms with Crippen LogP contribution in [0.2, 0.25) is 0 Å². The Labute approximate surface area is 135 Å². The van der Waals surface area contributed by atoms with Gasteiger partial charge in [-0.3, -0.25) is 9.89 Å². The Morgan fingerprint density at radius 1 is 1.18 bits per heavy atom. The number of benzene rings is 1. The summed E-state index contributed by atoms with van der Waals surface area (Å²) in [4.78, 5) is 11.4. The molecule has 1 aromatic carbocycles. The number of para-hydroxylation sites is 1. The normalized spacial score (nSPS) is 21.8. The van der Waals surface area contributed by atoms with Gasteiger partial charge in [-0.25, -0.2) is 0 Å². The zero-order valence-corrected chi connectivity index (χ0v) is 13.7. The van der Waals surface area contributed by atoms with Crippen LogP contribution in [0.4, 0.5) is 5.69 Å². The highest BCUT2D eigenvalue weighted by Crippen LogP contribution is 2.31. The molecule has 2 aliphatic heterocycles. The predicted octanol–water partition coefficient (Wildman–Crippen LogP) is 3.11. The van der Waals surface area contributed by atoms with Crippen LogP contribution < -0.4 is 4.90 Å². The molecule has 0 spiro atoms. The fourth-order valence-electron chi connectivity index (χ4n) is 3.51. The van der Waals surface area contributed by atoms with E-state index >= 15 is 0 Å². The minimum absolute atomic E-state index is 0.493. The second-order valence-corrected chi connectivity index (χ2v) is 6.87. The van der Waals surface area contributed by atoms with E-state index < -0.39 is 0 Å². The Kier molecular flexibility index (Phi) is 3.72. The fraction of sp³-hybridized carbons (Fsp3) is 0.389. The summed E-state index contributed by atoms with van der Waals surface area (Å²) in [6.45, 7) is 7.64. The predicted molar refractivity (Wildman–Crippen MR) is 94.5 cm³/mol. The van der Waals surface area contributed by atoms with Crippen molar-refractivity contribution in [1.29, 1.82) is 0 Å². The minimum atomic E-state index is 0.493. The molecular formula is C18H21N3S. The molecule has 114 valence electrons. The lowest BCUT2D eigenvalue weighted by Gasteiger charge is -2.41. The maximum Gasteiger partial charge on any atom is 0.0840 e. The second kappa shape index (κ2) is 5.86. The molecule has 1 saturated heterocycles. The van der Waals surface area contributed by atoms with E-state index in [1.807, 2.05) is 0 Å². The van der Waals surface area contributed by atoms with Crippen molar-refractivity contribution in [3.63, 3.8) is 0 Å². The molecule has 3 nitrogen and oxygen atoms in total. The number of hydrogen-bond acceptors (Lipinski definition) is 4. The van der Waals surface area contributed by atoms with Crippen molar-refractivity contribution >= 4 is 22.7 Å². The molecule has 22 heavy (non-hydrogen) atoms. The first-order valence-corrected chi connectivity index (χ1v) is 8.91. The van der Waals surface area contributed by atoms with Crippen molar-refractivity contribution in [2.45, 2.75) is 13.0 Å². The highest BCUT2D eigenvalue weighted by Gasteiger charge is 2.30. The number of anilines is 1. The van der Waals surface area contributed by atoms with Crippen LogP contribution in [0, 0.1) is 0 Å². The van der Waals surface area contributed by atoms with E-state index in [4.69, 9.17) is 4.99 Å². The van der Waals surface area contributed by atoms with Crippen LogP contribution in [-0.2, 0) is 0 Å². The molecule has 0 aliphatic carbocycles. The number of thiophene rings is 1. The number of nitrogens with zero attached hydrogens (tertiary/aromatic N) is 3. The van der Waals surface area contributed by atoms with Gasteiger partial charge in [0.15, 0.2) is 0 Å². The molecule has 0 N–H and O–H groups in total. The van der Waals surface area contributed by atoms with E-state index in [1.165, 1.54) is 21.8 Å². The van der Waals surface area contributed by atoms with Gasteiger partial charge >= 0.3 is 0 Å².